The molecule has 4 N–H and O–H groups in total. The molecule has 128 valence electrons. The van der Waals surface area contributed by atoms with Gasteiger partial charge < -0.3 is 25.2 Å². The summed E-state index contributed by atoms with van der Waals surface area (Å²) in [6, 6.07) is 8.04. The third kappa shape index (κ3) is 3.16. The van der Waals surface area contributed by atoms with E-state index in [4.69, 9.17) is 9.84 Å². The number of aliphatic hydroxyl groups excluding tert-OH is 2. The Labute approximate surface area is 142 Å². The predicted octanol–water partition coefficient (Wildman–Crippen LogP) is 1.55. The molecule has 0 aliphatic heterocycles. The topological polar surface area (TPSA) is 107 Å². The van der Waals surface area contributed by atoms with Crippen LogP contribution in [0.4, 0.5) is 0 Å². The third-order valence-electron chi connectivity index (χ3n) is 4.03. The van der Waals surface area contributed by atoms with Crippen LogP contribution >= 0.6 is 11.3 Å². The van der Waals surface area contributed by atoms with Crippen LogP contribution in [0, 0.1) is 6.92 Å². The van der Waals surface area contributed by atoms with Crippen molar-refractivity contribution >= 4 is 27.4 Å². The van der Waals surface area contributed by atoms with Gasteiger partial charge in [-0.3, -0.25) is 0 Å². The molecule has 1 unspecified atom stereocenters. The van der Waals surface area contributed by atoms with Crippen molar-refractivity contribution in [3.05, 3.63) is 46.5 Å². The van der Waals surface area contributed by atoms with Gasteiger partial charge in [-0.1, -0.05) is 17.7 Å². The second kappa shape index (κ2) is 6.18. The van der Waals surface area contributed by atoms with E-state index in [0.717, 1.165) is 26.6 Å². The summed E-state index contributed by atoms with van der Waals surface area (Å²) < 4.78 is 6.59. The normalized spacial score (nSPS) is 27.1. The highest BCUT2D eigenvalue weighted by atomic mass is 32.1. The van der Waals surface area contributed by atoms with E-state index in [1.165, 1.54) is 11.3 Å². The molecule has 0 saturated heterocycles. The molecule has 6 nitrogen and oxygen atoms in total. The molecule has 1 heterocycles. The first kappa shape index (κ1) is 16.9. The van der Waals surface area contributed by atoms with Gasteiger partial charge in [0.1, 0.15) is 18.5 Å². The standard InChI is InChI=1S/C17H18O6S/c1-9-2-3-14-10(4-9)5-11(24-14)8-23-13-7-17(22,16(20)21)6-12(18)15(13)19/h2-5,7,12,15,18-19,22H,6,8H2,1H3,(H,20,21)/t12?,15-,17+/m0/s1. The third-order valence-corrected chi connectivity index (χ3v) is 5.12. The zero-order valence-corrected chi connectivity index (χ0v) is 13.8. The number of aryl methyl sites for hydroxylation is 1. The van der Waals surface area contributed by atoms with Crippen LogP contribution in [-0.2, 0) is 16.1 Å². The van der Waals surface area contributed by atoms with E-state index in [1.807, 2.05) is 25.1 Å². The summed E-state index contributed by atoms with van der Waals surface area (Å²) in [7, 11) is 0. The molecule has 1 aromatic carbocycles. The first-order chi connectivity index (χ1) is 11.3. The second-order valence-electron chi connectivity index (χ2n) is 6.04. The SMILES string of the molecule is Cc1ccc2sc(COC3=C[C@@](O)(C(=O)O)CC(O)[C@@H]3O)cc2c1. The van der Waals surface area contributed by atoms with Gasteiger partial charge in [-0.05, 0) is 30.5 Å². The van der Waals surface area contributed by atoms with E-state index in [1.54, 1.807) is 0 Å². The molecular formula is C17H18O6S. The van der Waals surface area contributed by atoms with Gasteiger partial charge in [0.15, 0.2) is 5.60 Å². The average molecular weight is 350 g/mol. The van der Waals surface area contributed by atoms with E-state index < -0.39 is 30.2 Å². The summed E-state index contributed by atoms with van der Waals surface area (Å²) in [6.45, 7) is 2.12. The molecule has 1 aliphatic rings. The number of benzene rings is 1. The minimum atomic E-state index is -2.24. The largest absolute Gasteiger partial charge is 0.490 e. The number of carboxylic acid groups (broad SMARTS) is 1. The highest BCUT2D eigenvalue weighted by molar-refractivity contribution is 7.19. The molecule has 0 amide bonds. The first-order valence-electron chi connectivity index (χ1n) is 7.45. The van der Waals surface area contributed by atoms with Crippen LogP contribution in [-0.4, -0.2) is 44.2 Å². The zero-order valence-electron chi connectivity index (χ0n) is 13.0. The van der Waals surface area contributed by atoms with E-state index in [-0.39, 0.29) is 12.4 Å². The van der Waals surface area contributed by atoms with Gasteiger partial charge in [0, 0.05) is 16.0 Å². The number of carbonyl (C=O) groups is 1. The van der Waals surface area contributed by atoms with Crippen molar-refractivity contribution < 1.29 is 30.0 Å². The van der Waals surface area contributed by atoms with Crippen LogP contribution in [0.25, 0.3) is 10.1 Å². The van der Waals surface area contributed by atoms with Crippen molar-refractivity contribution in [2.75, 3.05) is 0 Å². The van der Waals surface area contributed by atoms with E-state index in [0.29, 0.717) is 0 Å². The lowest BCUT2D eigenvalue weighted by atomic mass is 9.86. The molecule has 2 aromatic rings. The van der Waals surface area contributed by atoms with E-state index in [9.17, 15) is 20.1 Å². The zero-order chi connectivity index (χ0) is 17.5. The van der Waals surface area contributed by atoms with Crippen LogP contribution < -0.4 is 0 Å². The predicted molar refractivity (Wildman–Crippen MR) is 88.7 cm³/mol. The molecule has 3 rings (SSSR count). The summed E-state index contributed by atoms with van der Waals surface area (Å²) in [4.78, 5) is 12.0. The van der Waals surface area contributed by atoms with Crippen molar-refractivity contribution in [2.24, 2.45) is 0 Å². The van der Waals surface area contributed by atoms with Crippen molar-refractivity contribution in [2.45, 2.75) is 37.8 Å². The lowest BCUT2D eigenvalue weighted by Crippen LogP contribution is -2.48. The van der Waals surface area contributed by atoms with Gasteiger partial charge >= 0.3 is 5.97 Å². The van der Waals surface area contributed by atoms with Crippen molar-refractivity contribution in [3.63, 3.8) is 0 Å². The monoisotopic (exact) mass is 350 g/mol. The summed E-state index contributed by atoms with van der Waals surface area (Å²) in [6.07, 6.45) is -2.29. The number of fused-ring (bicyclic) bond motifs is 1. The van der Waals surface area contributed by atoms with Gasteiger partial charge in [0.05, 0.1) is 6.10 Å². The highest BCUT2D eigenvalue weighted by Crippen LogP contribution is 2.31. The van der Waals surface area contributed by atoms with E-state index >= 15 is 0 Å². The number of hydrogen-bond donors (Lipinski definition) is 4. The minimum Gasteiger partial charge on any atom is -0.490 e. The van der Waals surface area contributed by atoms with Crippen LogP contribution in [0.2, 0.25) is 0 Å². The molecule has 7 heteroatoms. The van der Waals surface area contributed by atoms with E-state index in [2.05, 4.69) is 6.07 Å². The van der Waals surface area contributed by atoms with Gasteiger partial charge in [-0.25, -0.2) is 4.79 Å². The fourth-order valence-corrected chi connectivity index (χ4v) is 3.68. The number of aliphatic hydroxyl groups is 3. The maximum atomic E-state index is 11.2. The Morgan fingerprint density at radius 2 is 2.12 bits per heavy atom. The quantitative estimate of drug-likeness (QED) is 0.666. The Kier molecular flexibility index (Phi) is 4.35. The number of thiophene rings is 1. The summed E-state index contributed by atoms with van der Waals surface area (Å²) >= 11 is 1.53. The Hall–Kier alpha value is -1.93. The van der Waals surface area contributed by atoms with Crippen LogP contribution in [0.3, 0.4) is 0 Å². The molecule has 3 atom stereocenters. The Morgan fingerprint density at radius 1 is 1.38 bits per heavy atom. The fraction of sp³-hybridized carbons (Fsp3) is 0.353. The first-order valence-corrected chi connectivity index (χ1v) is 8.27. The van der Waals surface area contributed by atoms with Gasteiger partial charge in [0.25, 0.3) is 0 Å². The lowest BCUT2D eigenvalue weighted by molar-refractivity contribution is -0.160. The number of carboxylic acids is 1. The summed E-state index contributed by atoms with van der Waals surface area (Å²) in [5.74, 6) is -1.63. The van der Waals surface area contributed by atoms with Crippen LogP contribution in [0.1, 0.15) is 16.9 Å². The molecular weight excluding hydrogens is 332 g/mol. The molecule has 0 fully saturated rings. The number of hydrogen-bond acceptors (Lipinski definition) is 6. The van der Waals surface area contributed by atoms with Crippen LogP contribution in [0.5, 0.6) is 0 Å². The smallest absolute Gasteiger partial charge is 0.340 e. The van der Waals surface area contributed by atoms with Gasteiger partial charge in [-0.2, -0.15) is 0 Å². The van der Waals surface area contributed by atoms with Crippen molar-refractivity contribution in [1.82, 2.24) is 0 Å². The fourth-order valence-electron chi connectivity index (χ4n) is 2.72. The molecule has 0 bridgehead atoms. The number of aliphatic carboxylic acids is 1. The highest BCUT2D eigenvalue weighted by Gasteiger charge is 2.44. The maximum absolute atomic E-state index is 11.2. The average Bonchev–Trinajstić information content (AvgIpc) is 2.91. The number of rotatable bonds is 4. The molecule has 0 radical (unpaired) electrons. The Morgan fingerprint density at radius 3 is 2.83 bits per heavy atom. The van der Waals surface area contributed by atoms with Gasteiger partial charge in [0.2, 0.25) is 0 Å². The Balaban J connectivity index is 1.80. The molecule has 0 saturated carbocycles. The Bertz CT molecular complexity index is 811. The number of ether oxygens (including phenoxy) is 1. The molecule has 24 heavy (non-hydrogen) atoms. The second-order valence-corrected chi connectivity index (χ2v) is 7.20. The maximum Gasteiger partial charge on any atom is 0.340 e. The summed E-state index contributed by atoms with van der Waals surface area (Å²) in [5.41, 5.74) is -1.10. The van der Waals surface area contributed by atoms with Crippen molar-refractivity contribution in [3.8, 4) is 0 Å². The molecule has 1 aliphatic carbocycles. The molecule has 1 aromatic heterocycles. The van der Waals surface area contributed by atoms with Crippen molar-refractivity contribution in [1.29, 1.82) is 0 Å². The van der Waals surface area contributed by atoms with Gasteiger partial charge in [-0.15, -0.1) is 11.3 Å². The summed E-state index contributed by atoms with van der Waals surface area (Å²) in [5, 5.41) is 39.9. The van der Waals surface area contributed by atoms with Crippen LogP contribution in [0.15, 0.2) is 36.1 Å². The minimum absolute atomic E-state index is 0.115. The lowest BCUT2D eigenvalue weighted by Gasteiger charge is -2.32. The molecule has 0 spiro atoms.